The largest absolute Gasteiger partial charge is 0.497 e. The second-order valence-corrected chi connectivity index (χ2v) is 6.48. The molecule has 4 nitrogen and oxygen atoms in total. The quantitative estimate of drug-likeness (QED) is 0.835. The lowest BCUT2D eigenvalue weighted by atomic mass is 10.0. The average Bonchev–Trinajstić information content (AvgIpc) is 3.07. The molecule has 2 aromatic rings. The standard InChI is InChI=1S/C18H19BrN2O2/c1-23-16-10-4-13(5-11-16)17-3-2-12-21(17)18(22)20-15-8-6-14(19)7-9-15/h4-11,17H,2-3,12H2,1H3,(H,20,22). The van der Waals surface area contributed by atoms with Gasteiger partial charge in [0.15, 0.2) is 0 Å². The number of methoxy groups -OCH3 is 1. The highest BCUT2D eigenvalue weighted by atomic mass is 79.9. The summed E-state index contributed by atoms with van der Waals surface area (Å²) in [6.45, 7) is 0.777. The van der Waals surface area contributed by atoms with Gasteiger partial charge in [0.05, 0.1) is 13.2 Å². The minimum atomic E-state index is -0.0503. The molecule has 1 aliphatic heterocycles. The van der Waals surface area contributed by atoms with Gasteiger partial charge in [-0.15, -0.1) is 0 Å². The van der Waals surface area contributed by atoms with Crippen LogP contribution in [0.5, 0.6) is 5.75 Å². The van der Waals surface area contributed by atoms with Crippen LogP contribution in [0, 0.1) is 0 Å². The predicted molar refractivity (Wildman–Crippen MR) is 94.8 cm³/mol. The zero-order chi connectivity index (χ0) is 16.2. The lowest BCUT2D eigenvalue weighted by molar-refractivity contribution is 0.207. The van der Waals surface area contributed by atoms with Crippen LogP contribution in [0.3, 0.4) is 0 Å². The Kier molecular flexibility index (Phi) is 4.86. The predicted octanol–water partition coefficient (Wildman–Crippen LogP) is 4.83. The second-order valence-electron chi connectivity index (χ2n) is 5.56. The van der Waals surface area contributed by atoms with E-state index in [-0.39, 0.29) is 12.1 Å². The van der Waals surface area contributed by atoms with Crippen molar-refractivity contribution in [1.82, 2.24) is 4.90 Å². The summed E-state index contributed by atoms with van der Waals surface area (Å²) < 4.78 is 6.19. The smallest absolute Gasteiger partial charge is 0.322 e. The van der Waals surface area contributed by atoms with Gasteiger partial charge in [-0.2, -0.15) is 0 Å². The maximum Gasteiger partial charge on any atom is 0.322 e. The molecule has 0 radical (unpaired) electrons. The molecule has 2 amide bonds. The summed E-state index contributed by atoms with van der Waals surface area (Å²) in [6, 6.07) is 15.6. The molecule has 1 fully saturated rings. The monoisotopic (exact) mass is 374 g/mol. The van der Waals surface area contributed by atoms with Crippen molar-refractivity contribution in [3.05, 3.63) is 58.6 Å². The summed E-state index contributed by atoms with van der Waals surface area (Å²) in [7, 11) is 1.66. The van der Waals surface area contributed by atoms with Crippen LogP contribution in [0.4, 0.5) is 10.5 Å². The van der Waals surface area contributed by atoms with Gasteiger partial charge in [0.25, 0.3) is 0 Å². The Morgan fingerprint density at radius 3 is 2.52 bits per heavy atom. The highest BCUT2D eigenvalue weighted by Gasteiger charge is 2.29. The van der Waals surface area contributed by atoms with Gasteiger partial charge in [0.1, 0.15) is 5.75 Å². The molecule has 3 rings (SSSR count). The number of amides is 2. The van der Waals surface area contributed by atoms with Crippen LogP contribution in [0.25, 0.3) is 0 Å². The Morgan fingerprint density at radius 2 is 1.87 bits per heavy atom. The third-order valence-electron chi connectivity index (χ3n) is 4.11. The zero-order valence-corrected chi connectivity index (χ0v) is 14.5. The second kappa shape index (κ2) is 7.04. The molecule has 0 spiro atoms. The highest BCUT2D eigenvalue weighted by molar-refractivity contribution is 9.10. The number of nitrogens with one attached hydrogen (secondary N) is 1. The first-order valence-electron chi connectivity index (χ1n) is 7.64. The summed E-state index contributed by atoms with van der Waals surface area (Å²) in [5, 5.41) is 2.97. The van der Waals surface area contributed by atoms with E-state index in [9.17, 15) is 4.79 Å². The van der Waals surface area contributed by atoms with Crippen LogP contribution in [-0.2, 0) is 0 Å². The van der Waals surface area contributed by atoms with Crippen molar-refractivity contribution in [1.29, 1.82) is 0 Å². The number of hydrogen-bond acceptors (Lipinski definition) is 2. The molecule has 23 heavy (non-hydrogen) atoms. The highest BCUT2D eigenvalue weighted by Crippen LogP contribution is 2.33. The van der Waals surface area contributed by atoms with Gasteiger partial charge < -0.3 is 15.0 Å². The Morgan fingerprint density at radius 1 is 1.17 bits per heavy atom. The Balaban J connectivity index is 1.72. The summed E-state index contributed by atoms with van der Waals surface area (Å²) in [5.41, 5.74) is 1.95. The molecule has 120 valence electrons. The van der Waals surface area contributed by atoms with Gasteiger partial charge in [0, 0.05) is 16.7 Å². The molecule has 0 bridgehead atoms. The maximum atomic E-state index is 12.6. The summed E-state index contributed by atoms with van der Waals surface area (Å²) >= 11 is 3.40. The third-order valence-corrected chi connectivity index (χ3v) is 4.64. The molecule has 1 heterocycles. The first kappa shape index (κ1) is 15.9. The van der Waals surface area contributed by atoms with Crippen molar-refractivity contribution in [2.45, 2.75) is 18.9 Å². The number of anilines is 1. The lowest BCUT2D eigenvalue weighted by Gasteiger charge is -2.25. The topological polar surface area (TPSA) is 41.6 Å². The van der Waals surface area contributed by atoms with Gasteiger partial charge in [-0.3, -0.25) is 0 Å². The van der Waals surface area contributed by atoms with Crippen LogP contribution < -0.4 is 10.1 Å². The number of ether oxygens (including phenoxy) is 1. The molecule has 0 aromatic heterocycles. The van der Waals surface area contributed by atoms with Crippen molar-refractivity contribution in [3.8, 4) is 5.75 Å². The van der Waals surface area contributed by atoms with E-state index in [4.69, 9.17) is 4.74 Å². The summed E-state index contributed by atoms with van der Waals surface area (Å²) in [5.74, 6) is 0.831. The number of benzene rings is 2. The molecule has 2 aromatic carbocycles. The van der Waals surface area contributed by atoms with Gasteiger partial charge in [-0.05, 0) is 54.8 Å². The number of nitrogens with zero attached hydrogens (tertiary/aromatic N) is 1. The van der Waals surface area contributed by atoms with Crippen molar-refractivity contribution in [3.63, 3.8) is 0 Å². The van der Waals surface area contributed by atoms with E-state index in [2.05, 4.69) is 21.2 Å². The van der Waals surface area contributed by atoms with Crippen LogP contribution in [0.2, 0.25) is 0 Å². The van der Waals surface area contributed by atoms with Crippen molar-refractivity contribution in [2.24, 2.45) is 0 Å². The molecular weight excluding hydrogens is 356 g/mol. The Labute approximate surface area is 144 Å². The number of urea groups is 1. The molecule has 1 N–H and O–H groups in total. The minimum absolute atomic E-state index is 0.0503. The normalized spacial score (nSPS) is 17.1. The number of carbonyl (C=O) groups excluding carboxylic acids is 1. The third kappa shape index (κ3) is 3.67. The van der Waals surface area contributed by atoms with E-state index in [1.807, 2.05) is 53.4 Å². The number of likely N-dealkylation sites (tertiary alicyclic amines) is 1. The zero-order valence-electron chi connectivity index (χ0n) is 13.0. The van der Waals surface area contributed by atoms with Gasteiger partial charge in [-0.1, -0.05) is 28.1 Å². The first-order valence-corrected chi connectivity index (χ1v) is 8.44. The van der Waals surface area contributed by atoms with Gasteiger partial charge in [0.2, 0.25) is 0 Å². The van der Waals surface area contributed by atoms with Crippen molar-refractivity contribution >= 4 is 27.6 Å². The molecule has 1 atom stereocenters. The lowest BCUT2D eigenvalue weighted by Crippen LogP contribution is -2.34. The van der Waals surface area contributed by atoms with Crippen molar-refractivity contribution < 1.29 is 9.53 Å². The van der Waals surface area contributed by atoms with E-state index in [0.717, 1.165) is 40.9 Å². The molecule has 1 saturated heterocycles. The SMILES string of the molecule is COc1ccc(C2CCCN2C(=O)Nc2ccc(Br)cc2)cc1. The summed E-state index contributed by atoms with van der Waals surface area (Å²) in [6.07, 6.45) is 2.00. The number of halogens is 1. The number of rotatable bonds is 3. The van der Waals surface area contributed by atoms with E-state index in [0.29, 0.717) is 0 Å². The molecule has 1 aliphatic rings. The van der Waals surface area contributed by atoms with Crippen LogP contribution in [-0.4, -0.2) is 24.6 Å². The fraction of sp³-hybridized carbons (Fsp3) is 0.278. The van der Waals surface area contributed by atoms with Gasteiger partial charge >= 0.3 is 6.03 Å². The van der Waals surface area contributed by atoms with E-state index < -0.39 is 0 Å². The molecule has 1 unspecified atom stereocenters. The molecular formula is C18H19BrN2O2. The Bertz CT molecular complexity index is 670. The van der Waals surface area contributed by atoms with E-state index in [1.54, 1.807) is 7.11 Å². The number of carbonyl (C=O) groups is 1. The maximum absolute atomic E-state index is 12.6. The molecule has 0 aliphatic carbocycles. The number of hydrogen-bond donors (Lipinski definition) is 1. The molecule has 0 saturated carbocycles. The summed E-state index contributed by atoms with van der Waals surface area (Å²) in [4.78, 5) is 14.5. The van der Waals surface area contributed by atoms with Crippen molar-refractivity contribution in [2.75, 3.05) is 19.0 Å². The van der Waals surface area contributed by atoms with Gasteiger partial charge in [-0.25, -0.2) is 4.79 Å². The molecule has 5 heteroatoms. The Hall–Kier alpha value is -2.01. The fourth-order valence-corrected chi connectivity index (χ4v) is 3.18. The fourth-order valence-electron chi connectivity index (χ4n) is 2.91. The van der Waals surface area contributed by atoms with Crippen LogP contribution in [0.15, 0.2) is 53.0 Å². The average molecular weight is 375 g/mol. The van der Waals surface area contributed by atoms with Crippen LogP contribution in [0.1, 0.15) is 24.4 Å². The van der Waals surface area contributed by atoms with E-state index >= 15 is 0 Å². The van der Waals surface area contributed by atoms with E-state index in [1.165, 1.54) is 0 Å². The minimum Gasteiger partial charge on any atom is -0.497 e. The first-order chi connectivity index (χ1) is 11.2. The van der Waals surface area contributed by atoms with Crippen LogP contribution >= 0.6 is 15.9 Å².